The number of nitrogens with one attached hydrogen (secondary N) is 1. The van der Waals surface area contributed by atoms with Crippen LogP contribution in [-0.4, -0.2) is 56.3 Å². The van der Waals surface area contributed by atoms with Crippen molar-refractivity contribution in [1.82, 2.24) is 10.2 Å². The Hall–Kier alpha value is -2.45. The van der Waals surface area contributed by atoms with E-state index in [0.717, 1.165) is 29.7 Å². The number of thioether (sulfide) groups is 2. The molecule has 3 atom stereocenters. The molecular formula is C25H26N2O4S2. The molecule has 6 nitrogen and oxygen atoms in total. The van der Waals surface area contributed by atoms with Gasteiger partial charge in [0.25, 0.3) is 0 Å². The Kier molecular flexibility index (Phi) is 6.14. The van der Waals surface area contributed by atoms with Gasteiger partial charge < -0.3 is 15.3 Å². The number of carbonyl (C=O) groups is 3. The molecule has 0 saturated carbocycles. The first-order chi connectivity index (χ1) is 16.0. The molecule has 2 aromatic carbocycles. The highest BCUT2D eigenvalue weighted by Crippen LogP contribution is 2.47. The molecule has 2 aromatic rings. The lowest BCUT2D eigenvalue weighted by Crippen LogP contribution is -2.74. The van der Waals surface area contributed by atoms with Gasteiger partial charge in [-0.05, 0) is 48.4 Å². The topological polar surface area (TPSA) is 86.7 Å². The third kappa shape index (κ3) is 4.26. The highest BCUT2D eigenvalue weighted by molar-refractivity contribution is 8.05. The molecule has 3 aliphatic rings. The summed E-state index contributed by atoms with van der Waals surface area (Å²) in [6.45, 7) is 0.151. The van der Waals surface area contributed by atoms with Crippen molar-refractivity contribution in [2.45, 2.75) is 53.2 Å². The van der Waals surface area contributed by atoms with Crippen molar-refractivity contribution in [3.8, 4) is 0 Å². The summed E-state index contributed by atoms with van der Waals surface area (Å²) in [6, 6.07) is 15.0. The molecule has 2 aliphatic heterocycles. The van der Waals surface area contributed by atoms with Crippen molar-refractivity contribution in [2.24, 2.45) is 0 Å². The van der Waals surface area contributed by atoms with E-state index in [4.69, 9.17) is 0 Å². The zero-order valence-electron chi connectivity index (χ0n) is 18.2. The van der Waals surface area contributed by atoms with Crippen LogP contribution in [0.4, 0.5) is 0 Å². The number of fused-ring (bicyclic) bond motifs is 2. The normalized spacial score (nSPS) is 26.1. The Labute approximate surface area is 201 Å². The maximum atomic E-state index is 12.9. The predicted molar refractivity (Wildman–Crippen MR) is 129 cm³/mol. The number of hydrogen-bond donors (Lipinski definition) is 2. The van der Waals surface area contributed by atoms with Crippen LogP contribution in [0.5, 0.6) is 0 Å². The van der Waals surface area contributed by atoms with Crippen LogP contribution in [0, 0.1) is 0 Å². The van der Waals surface area contributed by atoms with E-state index in [2.05, 4.69) is 11.4 Å². The van der Waals surface area contributed by atoms with E-state index in [-0.39, 0.29) is 30.2 Å². The highest BCUT2D eigenvalue weighted by Gasteiger charge is 2.58. The van der Waals surface area contributed by atoms with Crippen molar-refractivity contribution in [1.29, 1.82) is 0 Å². The number of benzene rings is 2. The molecule has 0 spiro atoms. The molecule has 0 radical (unpaired) electrons. The van der Waals surface area contributed by atoms with Gasteiger partial charge in [0.05, 0.1) is 6.42 Å². The van der Waals surface area contributed by atoms with Gasteiger partial charge in [-0.1, -0.05) is 42.5 Å². The summed E-state index contributed by atoms with van der Waals surface area (Å²) in [5.74, 6) is -0.901. The van der Waals surface area contributed by atoms with Crippen LogP contribution in [-0.2, 0) is 33.6 Å². The number of β-lactam (4-membered cyclic amide) rings is 1. The van der Waals surface area contributed by atoms with E-state index in [1.54, 1.807) is 4.90 Å². The van der Waals surface area contributed by atoms with Gasteiger partial charge in [0.1, 0.15) is 16.2 Å². The molecule has 0 aromatic heterocycles. The minimum Gasteiger partial charge on any atom is -0.480 e. The number of carboxylic acids is 1. The Morgan fingerprint density at radius 3 is 2.70 bits per heavy atom. The first-order valence-corrected chi connectivity index (χ1v) is 13.1. The molecular weight excluding hydrogens is 456 g/mol. The van der Waals surface area contributed by atoms with Crippen LogP contribution in [0.1, 0.15) is 29.5 Å². The Morgan fingerprint density at radius 1 is 1.12 bits per heavy atom. The van der Waals surface area contributed by atoms with Gasteiger partial charge in [0, 0.05) is 17.2 Å². The van der Waals surface area contributed by atoms with E-state index >= 15 is 0 Å². The van der Waals surface area contributed by atoms with E-state index in [1.165, 1.54) is 41.1 Å². The zero-order chi connectivity index (χ0) is 23.0. The van der Waals surface area contributed by atoms with Gasteiger partial charge in [-0.15, -0.1) is 23.5 Å². The van der Waals surface area contributed by atoms with E-state index < -0.39 is 16.8 Å². The van der Waals surface area contributed by atoms with Crippen LogP contribution >= 0.6 is 23.5 Å². The summed E-state index contributed by atoms with van der Waals surface area (Å²) in [4.78, 5) is 40.4. The average Bonchev–Trinajstić information content (AvgIpc) is 2.83. The van der Waals surface area contributed by atoms with Crippen molar-refractivity contribution in [3.63, 3.8) is 0 Å². The van der Waals surface area contributed by atoms with Crippen LogP contribution in [0.25, 0.3) is 0 Å². The Balaban J connectivity index is 1.28. The van der Waals surface area contributed by atoms with Crippen molar-refractivity contribution < 1.29 is 19.5 Å². The second-order valence-electron chi connectivity index (χ2n) is 8.88. The summed E-state index contributed by atoms with van der Waals surface area (Å²) in [5.41, 5.74) is 3.47. The third-order valence-electron chi connectivity index (χ3n) is 6.63. The molecule has 0 bridgehead atoms. The minimum absolute atomic E-state index is 0.151. The molecule has 1 aliphatic carbocycles. The number of aliphatic carboxylic acids is 1. The fourth-order valence-corrected chi connectivity index (χ4v) is 7.89. The standard InChI is InChI=1S/C25H26N2O4S2/c28-20(13-16-7-2-1-3-8-16)26-21-22(29)27-14-25(24(30)31,15-32-23(21)27)33-19-12-6-10-17-9-4-5-11-18(17)19/h1-3,6-8,10,12,21,23H,4-5,9,11,13-15H2,(H,26,28)(H,30,31)/t21-,23-,25?/m1/s1. The van der Waals surface area contributed by atoms with Gasteiger partial charge in [0.15, 0.2) is 0 Å². The van der Waals surface area contributed by atoms with Gasteiger partial charge in [-0.2, -0.15) is 0 Å². The smallest absolute Gasteiger partial charge is 0.322 e. The van der Waals surface area contributed by atoms with E-state index in [1.807, 2.05) is 42.5 Å². The maximum absolute atomic E-state index is 12.9. The number of carboxylic acid groups (broad SMARTS) is 1. The van der Waals surface area contributed by atoms with Crippen molar-refractivity contribution >= 4 is 41.3 Å². The van der Waals surface area contributed by atoms with Crippen molar-refractivity contribution in [3.05, 3.63) is 65.2 Å². The van der Waals surface area contributed by atoms with Crippen LogP contribution in [0.2, 0.25) is 0 Å². The Bertz CT molecular complexity index is 1090. The SMILES string of the molecule is O=C(Cc1ccccc1)N[C@@H]1C(=O)N2CC(Sc3cccc4c3CCCC4)(C(=O)O)CS[C@H]12. The molecule has 2 fully saturated rings. The van der Waals surface area contributed by atoms with E-state index in [9.17, 15) is 19.5 Å². The molecule has 5 rings (SSSR count). The van der Waals surface area contributed by atoms with Gasteiger partial charge >= 0.3 is 5.97 Å². The molecule has 172 valence electrons. The van der Waals surface area contributed by atoms with Crippen LogP contribution in [0.15, 0.2) is 53.4 Å². The molecule has 33 heavy (non-hydrogen) atoms. The molecule has 2 heterocycles. The lowest BCUT2D eigenvalue weighted by atomic mass is 9.92. The number of aryl methyl sites for hydroxylation is 1. The summed E-state index contributed by atoms with van der Waals surface area (Å²) in [5, 5.41) is 12.8. The lowest BCUT2D eigenvalue weighted by molar-refractivity contribution is -0.152. The minimum atomic E-state index is -1.09. The highest BCUT2D eigenvalue weighted by atomic mass is 32.2. The monoisotopic (exact) mass is 482 g/mol. The lowest BCUT2D eigenvalue weighted by Gasteiger charge is -2.53. The van der Waals surface area contributed by atoms with E-state index in [0.29, 0.717) is 5.75 Å². The summed E-state index contributed by atoms with van der Waals surface area (Å²) in [6.07, 6.45) is 4.52. The maximum Gasteiger partial charge on any atom is 0.322 e. The largest absolute Gasteiger partial charge is 0.480 e. The first-order valence-electron chi connectivity index (χ1n) is 11.3. The average molecular weight is 483 g/mol. The fraction of sp³-hybridized carbons (Fsp3) is 0.400. The van der Waals surface area contributed by atoms with Crippen LogP contribution in [0.3, 0.4) is 0 Å². The predicted octanol–water partition coefficient (Wildman–Crippen LogP) is 3.12. The van der Waals surface area contributed by atoms with Gasteiger partial charge in [0.2, 0.25) is 11.8 Å². The summed E-state index contributed by atoms with van der Waals surface area (Å²) >= 11 is 2.85. The quantitative estimate of drug-likeness (QED) is 0.616. The second-order valence-corrected chi connectivity index (χ2v) is 11.4. The van der Waals surface area contributed by atoms with Gasteiger partial charge in [-0.25, -0.2) is 0 Å². The molecule has 2 N–H and O–H groups in total. The third-order valence-corrected chi connectivity index (χ3v) is 9.78. The molecule has 1 unspecified atom stereocenters. The van der Waals surface area contributed by atoms with Crippen LogP contribution < -0.4 is 5.32 Å². The fourth-order valence-electron chi connectivity index (χ4n) is 4.84. The molecule has 2 saturated heterocycles. The van der Waals surface area contributed by atoms with Gasteiger partial charge in [-0.3, -0.25) is 14.4 Å². The number of rotatable bonds is 6. The molecule has 8 heteroatoms. The summed E-state index contributed by atoms with van der Waals surface area (Å²) < 4.78 is -1.09. The van der Waals surface area contributed by atoms with Crippen molar-refractivity contribution in [2.75, 3.05) is 12.3 Å². The number of amides is 2. The molecule has 2 amide bonds. The number of nitrogens with zero attached hydrogens (tertiary/aromatic N) is 1. The zero-order valence-corrected chi connectivity index (χ0v) is 19.8. The number of hydrogen-bond acceptors (Lipinski definition) is 5. The Morgan fingerprint density at radius 2 is 1.91 bits per heavy atom. The first kappa shape index (κ1) is 22.3. The number of carbonyl (C=O) groups excluding carboxylic acids is 2. The second kappa shape index (κ2) is 9.06. The summed E-state index contributed by atoms with van der Waals surface area (Å²) in [7, 11) is 0.